The third kappa shape index (κ3) is 4.21. The van der Waals surface area contributed by atoms with Crippen molar-refractivity contribution in [2.24, 2.45) is 7.05 Å². The molecule has 0 bridgehead atoms. The quantitative estimate of drug-likeness (QED) is 0.919. The van der Waals surface area contributed by atoms with Crippen molar-refractivity contribution in [3.63, 3.8) is 0 Å². The maximum Gasteiger partial charge on any atom is 0.435 e. The zero-order chi connectivity index (χ0) is 14.8. The minimum absolute atomic E-state index is 0. The molecule has 5 nitrogen and oxygen atoms in total. The summed E-state index contributed by atoms with van der Waals surface area (Å²) in [5.41, 5.74) is 0.240. The standard InChI is InChI=1S/C12H16F3N5.ClH/c1-3-20-10(4-5-17-20)7-16-6-9-8-19(2)18-11(9)12(13,14)15;/h4-5,8,16H,3,6-7H2,1-2H3;1H. The molecule has 118 valence electrons. The van der Waals surface area contributed by atoms with E-state index >= 15 is 0 Å². The predicted molar refractivity (Wildman–Crippen MR) is 73.9 cm³/mol. The van der Waals surface area contributed by atoms with E-state index in [-0.39, 0.29) is 24.5 Å². The Morgan fingerprint density at radius 1 is 1.29 bits per heavy atom. The normalized spacial score (nSPS) is 11.5. The van der Waals surface area contributed by atoms with Crippen molar-refractivity contribution in [3.8, 4) is 0 Å². The molecule has 1 N–H and O–H groups in total. The summed E-state index contributed by atoms with van der Waals surface area (Å²) < 4.78 is 41.3. The first-order valence-electron chi connectivity index (χ1n) is 6.23. The lowest BCUT2D eigenvalue weighted by Gasteiger charge is -2.08. The van der Waals surface area contributed by atoms with Crippen LogP contribution >= 0.6 is 12.4 Å². The highest BCUT2D eigenvalue weighted by Crippen LogP contribution is 2.30. The maximum absolute atomic E-state index is 12.8. The molecule has 0 aromatic carbocycles. The van der Waals surface area contributed by atoms with Gasteiger partial charge in [-0.2, -0.15) is 23.4 Å². The molecule has 2 heterocycles. The number of nitrogens with one attached hydrogen (secondary N) is 1. The van der Waals surface area contributed by atoms with Gasteiger partial charge in [-0.05, 0) is 13.0 Å². The Balaban J connectivity index is 0.00000220. The van der Waals surface area contributed by atoms with Crippen molar-refractivity contribution >= 4 is 12.4 Å². The van der Waals surface area contributed by atoms with Crippen molar-refractivity contribution < 1.29 is 13.2 Å². The first-order chi connectivity index (χ1) is 9.41. The summed E-state index contributed by atoms with van der Waals surface area (Å²) in [5.74, 6) is 0. The predicted octanol–water partition coefficient (Wildman–Crippen LogP) is 2.37. The van der Waals surface area contributed by atoms with E-state index in [1.54, 1.807) is 10.9 Å². The third-order valence-corrected chi connectivity index (χ3v) is 2.90. The lowest BCUT2D eigenvalue weighted by Crippen LogP contribution is -2.18. The zero-order valence-corrected chi connectivity index (χ0v) is 12.5. The van der Waals surface area contributed by atoms with Gasteiger partial charge >= 0.3 is 6.18 Å². The number of aryl methyl sites for hydroxylation is 2. The number of rotatable bonds is 5. The zero-order valence-electron chi connectivity index (χ0n) is 11.7. The molecule has 0 amide bonds. The van der Waals surface area contributed by atoms with E-state index in [1.807, 2.05) is 13.0 Å². The second-order valence-electron chi connectivity index (χ2n) is 4.42. The minimum Gasteiger partial charge on any atom is -0.307 e. The third-order valence-electron chi connectivity index (χ3n) is 2.90. The summed E-state index contributed by atoms with van der Waals surface area (Å²) >= 11 is 0. The van der Waals surface area contributed by atoms with Gasteiger partial charge in [0, 0.05) is 44.6 Å². The van der Waals surface area contributed by atoms with Gasteiger partial charge in [0.2, 0.25) is 0 Å². The van der Waals surface area contributed by atoms with Crippen LogP contribution in [0.5, 0.6) is 0 Å². The van der Waals surface area contributed by atoms with Crippen LogP contribution in [-0.4, -0.2) is 19.6 Å². The van der Waals surface area contributed by atoms with Crippen molar-refractivity contribution in [1.82, 2.24) is 24.9 Å². The average Bonchev–Trinajstić information content (AvgIpc) is 2.95. The van der Waals surface area contributed by atoms with Crippen molar-refractivity contribution in [2.75, 3.05) is 0 Å². The molecular weight excluding hydrogens is 307 g/mol. The molecule has 0 fully saturated rings. The van der Waals surface area contributed by atoms with Gasteiger partial charge < -0.3 is 5.32 Å². The Morgan fingerprint density at radius 2 is 2.00 bits per heavy atom. The molecule has 0 aliphatic heterocycles. The second kappa shape index (κ2) is 6.95. The number of aromatic nitrogens is 4. The molecule has 9 heteroatoms. The molecule has 0 saturated heterocycles. The van der Waals surface area contributed by atoms with E-state index in [0.717, 1.165) is 12.2 Å². The van der Waals surface area contributed by atoms with Gasteiger partial charge in [-0.15, -0.1) is 12.4 Å². The van der Waals surface area contributed by atoms with Gasteiger partial charge in [0.15, 0.2) is 5.69 Å². The summed E-state index contributed by atoms with van der Waals surface area (Å²) in [4.78, 5) is 0. The summed E-state index contributed by atoms with van der Waals surface area (Å²) in [6.45, 7) is 3.25. The van der Waals surface area contributed by atoms with E-state index in [0.29, 0.717) is 6.54 Å². The summed E-state index contributed by atoms with van der Waals surface area (Å²) in [5, 5.41) is 10.6. The van der Waals surface area contributed by atoms with Crippen molar-refractivity contribution in [2.45, 2.75) is 32.7 Å². The summed E-state index contributed by atoms with van der Waals surface area (Å²) in [7, 11) is 1.48. The number of hydrogen-bond acceptors (Lipinski definition) is 3. The van der Waals surface area contributed by atoms with Crippen LogP contribution in [0.1, 0.15) is 23.9 Å². The van der Waals surface area contributed by atoms with Crippen LogP contribution in [0.3, 0.4) is 0 Å². The molecule has 2 aromatic heterocycles. The highest BCUT2D eigenvalue weighted by molar-refractivity contribution is 5.85. The number of hydrogen-bond donors (Lipinski definition) is 1. The van der Waals surface area contributed by atoms with Crippen LogP contribution in [-0.2, 0) is 32.9 Å². The summed E-state index contributed by atoms with van der Waals surface area (Å²) in [6.07, 6.45) is -1.37. The maximum atomic E-state index is 12.8. The highest BCUT2D eigenvalue weighted by Gasteiger charge is 2.36. The Labute approximate surface area is 126 Å². The molecule has 0 saturated carbocycles. The minimum atomic E-state index is -4.43. The van der Waals surface area contributed by atoms with Crippen molar-refractivity contribution in [1.29, 1.82) is 0 Å². The number of halogens is 4. The fraction of sp³-hybridized carbons (Fsp3) is 0.500. The Kier molecular flexibility index (Phi) is 5.79. The Morgan fingerprint density at radius 3 is 2.62 bits per heavy atom. The smallest absolute Gasteiger partial charge is 0.307 e. The van der Waals surface area contributed by atoms with Crippen LogP contribution in [0.25, 0.3) is 0 Å². The Hall–Kier alpha value is -1.54. The largest absolute Gasteiger partial charge is 0.435 e. The van der Waals surface area contributed by atoms with Gasteiger partial charge in [-0.25, -0.2) is 0 Å². The highest BCUT2D eigenvalue weighted by atomic mass is 35.5. The van der Waals surface area contributed by atoms with E-state index < -0.39 is 11.9 Å². The molecule has 0 spiro atoms. The lowest BCUT2D eigenvalue weighted by molar-refractivity contribution is -0.142. The molecule has 0 atom stereocenters. The van der Waals surface area contributed by atoms with Gasteiger partial charge in [-0.1, -0.05) is 0 Å². The van der Waals surface area contributed by atoms with Crippen LogP contribution in [0.15, 0.2) is 18.5 Å². The van der Waals surface area contributed by atoms with Crippen LogP contribution < -0.4 is 5.32 Å². The van der Waals surface area contributed by atoms with E-state index in [4.69, 9.17) is 0 Å². The molecule has 0 aliphatic rings. The molecular formula is C12H17ClF3N5. The SMILES string of the molecule is CCn1nccc1CNCc1cn(C)nc1C(F)(F)F.Cl. The van der Waals surface area contributed by atoms with Crippen LogP contribution in [0.2, 0.25) is 0 Å². The van der Waals surface area contributed by atoms with Crippen LogP contribution in [0.4, 0.5) is 13.2 Å². The molecule has 0 aliphatic carbocycles. The lowest BCUT2D eigenvalue weighted by atomic mass is 10.2. The van der Waals surface area contributed by atoms with E-state index in [9.17, 15) is 13.2 Å². The van der Waals surface area contributed by atoms with E-state index in [1.165, 1.54) is 17.9 Å². The fourth-order valence-corrected chi connectivity index (χ4v) is 2.03. The molecule has 2 rings (SSSR count). The Bertz CT molecular complexity index is 576. The number of alkyl halides is 3. The first-order valence-corrected chi connectivity index (χ1v) is 6.23. The van der Waals surface area contributed by atoms with Gasteiger partial charge in [0.1, 0.15) is 0 Å². The monoisotopic (exact) mass is 323 g/mol. The molecule has 2 aromatic rings. The number of nitrogens with zero attached hydrogens (tertiary/aromatic N) is 4. The fourth-order valence-electron chi connectivity index (χ4n) is 2.03. The van der Waals surface area contributed by atoms with E-state index in [2.05, 4.69) is 15.5 Å². The topological polar surface area (TPSA) is 47.7 Å². The molecule has 0 radical (unpaired) electrons. The van der Waals surface area contributed by atoms with Crippen LogP contribution in [0, 0.1) is 0 Å². The average molecular weight is 324 g/mol. The second-order valence-corrected chi connectivity index (χ2v) is 4.42. The van der Waals surface area contributed by atoms with Gasteiger partial charge in [0.05, 0.1) is 5.69 Å². The molecule has 0 unspecified atom stereocenters. The molecule has 21 heavy (non-hydrogen) atoms. The van der Waals surface area contributed by atoms with Gasteiger partial charge in [0.25, 0.3) is 0 Å². The summed E-state index contributed by atoms with van der Waals surface area (Å²) in [6, 6.07) is 1.84. The first kappa shape index (κ1) is 17.5. The van der Waals surface area contributed by atoms with Gasteiger partial charge in [-0.3, -0.25) is 9.36 Å². The van der Waals surface area contributed by atoms with Crippen molar-refractivity contribution in [3.05, 3.63) is 35.4 Å².